The topological polar surface area (TPSA) is 59.8 Å². The molecule has 2 aromatic carbocycles. The van der Waals surface area contributed by atoms with Crippen LogP contribution in [0, 0.1) is 20.8 Å². The fraction of sp³-hybridized carbons (Fsp3) is 0.190. The van der Waals surface area contributed by atoms with E-state index < -0.39 is 0 Å². The summed E-state index contributed by atoms with van der Waals surface area (Å²) in [6.07, 6.45) is 0. The Hall–Kier alpha value is -2.70. The van der Waals surface area contributed by atoms with Crippen LogP contribution in [0.1, 0.15) is 32.2 Å². The Morgan fingerprint density at radius 2 is 1.89 bits per heavy atom. The lowest BCUT2D eigenvalue weighted by Gasteiger charge is -2.06. The fourth-order valence-electron chi connectivity index (χ4n) is 3.09. The zero-order chi connectivity index (χ0) is 19.8. The van der Waals surface area contributed by atoms with Crippen LogP contribution < -0.4 is 5.32 Å². The molecular weight excluding hydrogens is 392 g/mol. The number of benzene rings is 2. The third kappa shape index (κ3) is 3.66. The summed E-state index contributed by atoms with van der Waals surface area (Å²) < 4.78 is 2.69. The largest absolute Gasteiger partial charge is 0.322 e. The van der Waals surface area contributed by atoms with Crippen molar-refractivity contribution in [1.82, 2.24) is 14.8 Å². The van der Waals surface area contributed by atoms with E-state index in [1.54, 1.807) is 22.9 Å². The summed E-state index contributed by atoms with van der Waals surface area (Å²) in [5.41, 5.74) is 4.91. The van der Waals surface area contributed by atoms with Gasteiger partial charge in [-0.3, -0.25) is 4.79 Å². The molecule has 0 bridgehead atoms. The minimum atomic E-state index is -0.266. The highest BCUT2D eigenvalue weighted by Gasteiger charge is 2.21. The van der Waals surface area contributed by atoms with E-state index >= 15 is 0 Å². The van der Waals surface area contributed by atoms with Gasteiger partial charge in [0.15, 0.2) is 0 Å². The lowest BCUT2D eigenvalue weighted by atomic mass is 10.1. The van der Waals surface area contributed by atoms with Crippen LogP contribution in [0.15, 0.2) is 42.5 Å². The standard InChI is InChI=1S/C21H19ClN4OS/c1-12-4-6-15(7-5-12)11-26-20(22)19(13(2)25-26)21(27)24-16-8-9-17-18(10-16)28-14(3)23-17/h4-10H,11H2,1-3H3,(H,24,27). The summed E-state index contributed by atoms with van der Waals surface area (Å²) in [5, 5.41) is 8.72. The van der Waals surface area contributed by atoms with Gasteiger partial charge in [-0.15, -0.1) is 11.3 Å². The summed E-state index contributed by atoms with van der Waals surface area (Å²) >= 11 is 8.10. The highest BCUT2D eigenvalue weighted by atomic mass is 35.5. The zero-order valence-electron chi connectivity index (χ0n) is 15.8. The monoisotopic (exact) mass is 410 g/mol. The van der Waals surface area contributed by atoms with Crippen molar-refractivity contribution in [2.75, 3.05) is 5.32 Å². The maximum atomic E-state index is 12.8. The van der Waals surface area contributed by atoms with Crippen LogP contribution in [0.3, 0.4) is 0 Å². The van der Waals surface area contributed by atoms with Crippen LogP contribution >= 0.6 is 22.9 Å². The van der Waals surface area contributed by atoms with Crippen LogP contribution in [0.25, 0.3) is 10.2 Å². The number of thiazole rings is 1. The quantitative estimate of drug-likeness (QED) is 0.491. The number of carbonyl (C=O) groups excluding carboxylic acids is 1. The first-order chi connectivity index (χ1) is 13.4. The van der Waals surface area contributed by atoms with E-state index in [9.17, 15) is 4.79 Å². The molecule has 0 radical (unpaired) electrons. The molecule has 0 aliphatic heterocycles. The number of aromatic nitrogens is 3. The van der Waals surface area contributed by atoms with E-state index in [0.29, 0.717) is 28.6 Å². The van der Waals surface area contributed by atoms with Crippen molar-refractivity contribution in [1.29, 1.82) is 0 Å². The molecule has 0 aliphatic rings. The molecule has 0 spiro atoms. The van der Waals surface area contributed by atoms with Gasteiger partial charge in [0.2, 0.25) is 0 Å². The second-order valence-corrected chi connectivity index (χ2v) is 8.36. The Labute approximate surface area is 172 Å². The molecule has 0 atom stereocenters. The van der Waals surface area contributed by atoms with Gasteiger partial charge in [-0.1, -0.05) is 41.4 Å². The van der Waals surface area contributed by atoms with E-state index in [4.69, 9.17) is 11.6 Å². The molecule has 0 fully saturated rings. The summed E-state index contributed by atoms with van der Waals surface area (Å²) in [6, 6.07) is 13.8. The number of carbonyl (C=O) groups is 1. The Morgan fingerprint density at radius 1 is 1.14 bits per heavy atom. The summed E-state index contributed by atoms with van der Waals surface area (Å²) in [6.45, 7) is 6.32. The number of halogens is 1. The molecule has 28 heavy (non-hydrogen) atoms. The first-order valence-electron chi connectivity index (χ1n) is 8.87. The predicted octanol–water partition coefficient (Wildman–Crippen LogP) is 5.37. The Balaban J connectivity index is 1.58. The Kier molecular flexibility index (Phi) is 4.91. The number of anilines is 1. The van der Waals surface area contributed by atoms with Gasteiger partial charge >= 0.3 is 0 Å². The molecule has 1 amide bonds. The summed E-state index contributed by atoms with van der Waals surface area (Å²) in [7, 11) is 0. The lowest BCUT2D eigenvalue weighted by Crippen LogP contribution is -2.13. The molecule has 2 heterocycles. The van der Waals surface area contributed by atoms with E-state index in [2.05, 4.69) is 15.4 Å². The van der Waals surface area contributed by atoms with Crippen molar-refractivity contribution in [3.63, 3.8) is 0 Å². The van der Waals surface area contributed by atoms with E-state index in [-0.39, 0.29) is 5.91 Å². The van der Waals surface area contributed by atoms with Gasteiger partial charge in [0.1, 0.15) is 5.15 Å². The van der Waals surface area contributed by atoms with E-state index in [1.165, 1.54) is 5.56 Å². The molecule has 1 N–H and O–H groups in total. The second kappa shape index (κ2) is 7.37. The van der Waals surface area contributed by atoms with Crippen molar-refractivity contribution in [3.8, 4) is 0 Å². The molecular formula is C21H19ClN4OS. The molecule has 0 saturated carbocycles. The molecule has 0 unspecified atom stereocenters. The van der Waals surface area contributed by atoms with Crippen LogP contribution in [0.2, 0.25) is 5.15 Å². The van der Waals surface area contributed by atoms with Gasteiger partial charge in [0.25, 0.3) is 5.91 Å². The molecule has 4 rings (SSSR count). The van der Waals surface area contributed by atoms with Crippen LogP contribution in [0.5, 0.6) is 0 Å². The molecule has 4 aromatic rings. The number of aryl methyl sites for hydroxylation is 3. The highest BCUT2D eigenvalue weighted by Crippen LogP contribution is 2.26. The van der Waals surface area contributed by atoms with Crippen molar-refractivity contribution in [2.45, 2.75) is 27.3 Å². The first-order valence-corrected chi connectivity index (χ1v) is 10.1. The number of fused-ring (bicyclic) bond motifs is 1. The number of hydrogen-bond donors (Lipinski definition) is 1. The second-order valence-electron chi connectivity index (χ2n) is 6.76. The van der Waals surface area contributed by atoms with E-state index in [1.807, 2.05) is 56.3 Å². The molecule has 142 valence electrons. The van der Waals surface area contributed by atoms with Gasteiger partial charge in [-0.25, -0.2) is 9.67 Å². The van der Waals surface area contributed by atoms with Crippen molar-refractivity contribution < 1.29 is 4.79 Å². The molecule has 7 heteroatoms. The maximum Gasteiger partial charge on any atom is 0.260 e. The van der Waals surface area contributed by atoms with Crippen molar-refractivity contribution in [3.05, 3.63) is 75.0 Å². The van der Waals surface area contributed by atoms with Gasteiger partial charge in [-0.05, 0) is 44.5 Å². The third-order valence-electron chi connectivity index (χ3n) is 4.50. The van der Waals surface area contributed by atoms with Crippen LogP contribution in [0.4, 0.5) is 5.69 Å². The first kappa shape index (κ1) is 18.7. The zero-order valence-corrected chi connectivity index (χ0v) is 17.4. The number of hydrogen-bond acceptors (Lipinski definition) is 4. The molecule has 2 aromatic heterocycles. The Bertz CT molecular complexity index is 1180. The predicted molar refractivity (Wildman–Crippen MR) is 115 cm³/mol. The number of nitrogens with one attached hydrogen (secondary N) is 1. The smallest absolute Gasteiger partial charge is 0.260 e. The van der Waals surface area contributed by atoms with E-state index in [0.717, 1.165) is 20.8 Å². The summed E-state index contributed by atoms with van der Waals surface area (Å²) in [4.78, 5) is 17.3. The number of nitrogens with zero attached hydrogens (tertiary/aromatic N) is 3. The minimum absolute atomic E-state index is 0.266. The summed E-state index contributed by atoms with van der Waals surface area (Å²) in [5.74, 6) is -0.266. The number of rotatable bonds is 4. The SMILES string of the molecule is Cc1ccc(Cn2nc(C)c(C(=O)Nc3ccc4nc(C)sc4c3)c2Cl)cc1. The Morgan fingerprint density at radius 3 is 2.64 bits per heavy atom. The molecule has 5 nitrogen and oxygen atoms in total. The average Bonchev–Trinajstić information content (AvgIpc) is 3.15. The van der Waals surface area contributed by atoms with Gasteiger partial charge in [0.05, 0.1) is 33.0 Å². The average molecular weight is 411 g/mol. The minimum Gasteiger partial charge on any atom is -0.322 e. The lowest BCUT2D eigenvalue weighted by molar-refractivity contribution is 0.102. The molecule has 0 aliphatic carbocycles. The maximum absolute atomic E-state index is 12.8. The van der Waals surface area contributed by atoms with Gasteiger partial charge in [0, 0.05) is 5.69 Å². The number of amides is 1. The van der Waals surface area contributed by atoms with Crippen molar-refractivity contribution in [2.24, 2.45) is 0 Å². The molecule has 0 saturated heterocycles. The fourth-order valence-corrected chi connectivity index (χ4v) is 4.28. The normalized spacial score (nSPS) is 11.1. The third-order valence-corrected chi connectivity index (χ3v) is 5.82. The van der Waals surface area contributed by atoms with Gasteiger partial charge in [-0.2, -0.15) is 5.10 Å². The van der Waals surface area contributed by atoms with Crippen molar-refractivity contribution >= 4 is 44.7 Å². The highest BCUT2D eigenvalue weighted by molar-refractivity contribution is 7.18. The van der Waals surface area contributed by atoms with Gasteiger partial charge < -0.3 is 5.32 Å². The van der Waals surface area contributed by atoms with Crippen LogP contribution in [-0.4, -0.2) is 20.7 Å². The van der Waals surface area contributed by atoms with Crippen LogP contribution in [-0.2, 0) is 6.54 Å².